The number of hydrogen-bond donors (Lipinski definition) is 1. The fraction of sp³-hybridized carbons (Fsp3) is 0.400. The van der Waals surface area contributed by atoms with Crippen LogP contribution in [0.4, 0.5) is 17.6 Å². The first-order valence-corrected chi connectivity index (χ1v) is 10.9. The summed E-state index contributed by atoms with van der Waals surface area (Å²) in [4.78, 5) is 0. The Morgan fingerprint density at radius 1 is 1.10 bits per heavy atom. The van der Waals surface area contributed by atoms with Crippen LogP contribution in [0.5, 0.6) is 0 Å². The Hall–Kier alpha value is -1.97. The number of hydrogen-bond acceptors (Lipinski definition) is 4. The summed E-state index contributed by atoms with van der Waals surface area (Å²) in [5.74, 6) is -1.35. The Morgan fingerprint density at radius 2 is 1.79 bits per heavy atom. The van der Waals surface area contributed by atoms with Gasteiger partial charge in [0.05, 0.1) is 11.8 Å². The van der Waals surface area contributed by atoms with Crippen LogP contribution in [0.2, 0.25) is 0 Å². The minimum absolute atomic E-state index is 0.244. The molecule has 2 aromatic carbocycles. The van der Waals surface area contributed by atoms with Crippen molar-refractivity contribution in [2.24, 2.45) is 0 Å². The third-order valence-corrected chi connectivity index (χ3v) is 5.48. The first-order chi connectivity index (χ1) is 13.5. The van der Waals surface area contributed by atoms with E-state index in [0.717, 1.165) is 24.8 Å². The van der Waals surface area contributed by atoms with Gasteiger partial charge in [0.15, 0.2) is 0 Å². The minimum atomic E-state index is -4.55. The number of alkyl halides is 3. The SMILES string of the molecule is CS(=O)(=O)OC(C(c1ccc(F)cc1)c1cccc(C(F)(F)F)c1)[C@H]1CCCN1. The first kappa shape index (κ1) is 21.7. The topological polar surface area (TPSA) is 55.4 Å². The van der Waals surface area contributed by atoms with Crippen molar-refractivity contribution >= 4 is 10.1 Å². The highest BCUT2D eigenvalue weighted by molar-refractivity contribution is 7.86. The van der Waals surface area contributed by atoms with Gasteiger partial charge in [-0.15, -0.1) is 0 Å². The summed E-state index contributed by atoms with van der Waals surface area (Å²) in [6.07, 6.45) is -3.24. The van der Waals surface area contributed by atoms with E-state index in [0.29, 0.717) is 18.5 Å². The normalized spacial score (nSPS) is 19.8. The molecule has 0 amide bonds. The second kappa shape index (κ2) is 8.41. The summed E-state index contributed by atoms with van der Waals surface area (Å²) in [5, 5.41) is 3.17. The smallest absolute Gasteiger partial charge is 0.311 e. The lowest BCUT2D eigenvalue weighted by Crippen LogP contribution is -2.42. The fourth-order valence-electron chi connectivity index (χ4n) is 3.70. The van der Waals surface area contributed by atoms with Gasteiger partial charge in [0.25, 0.3) is 10.1 Å². The zero-order chi connectivity index (χ0) is 21.2. The Morgan fingerprint density at radius 3 is 2.34 bits per heavy atom. The number of benzene rings is 2. The van der Waals surface area contributed by atoms with Crippen LogP contribution >= 0.6 is 0 Å². The predicted octanol–water partition coefficient (Wildman–Crippen LogP) is 4.07. The van der Waals surface area contributed by atoms with Crippen molar-refractivity contribution < 1.29 is 30.2 Å². The Kier molecular flexibility index (Phi) is 6.30. The van der Waals surface area contributed by atoms with Gasteiger partial charge < -0.3 is 5.32 Å². The van der Waals surface area contributed by atoms with Crippen LogP contribution in [0.3, 0.4) is 0 Å². The van der Waals surface area contributed by atoms with Crippen LogP contribution in [0.1, 0.15) is 35.4 Å². The summed E-state index contributed by atoms with van der Waals surface area (Å²) in [5.41, 5.74) is -0.138. The van der Waals surface area contributed by atoms with E-state index in [1.807, 2.05) is 0 Å². The molecule has 1 fully saturated rings. The molecule has 1 aliphatic heterocycles. The summed E-state index contributed by atoms with van der Waals surface area (Å²) in [6.45, 7) is 0.646. The number of rotatable bonds is 6. The van der Waals surface area contributed by atoms with Crippen molar-refractivity contribution in [1.29, 1.82) is 0 Å². The largest absolute Gasteiger partial charge is 0.416 e. The highest BCUT2D eigenvalue weighted by Gasteiger charge is 2.38. The first-order valence-electron chi connectivity index (χ1n) is 9.09. The molecule has 2 aromatic rings. The van der Waals surface area contributed by atoms with Crippen molar-refractivity contribution in [1.82, 2.24) is 5.32 Å². The van der Waals surface area contributed by atoms with Crippen molar-refractivity contribution in [2.75, 3.05) is 12.8 Å². The Bertz CT molecular complexity index is 939. The van der Waals surface area contributed by atoms with Gasteiger partial charge in [-0.3, -0.25) is 4.18 Å². The van der Waals surface area contributed by atoms with Crippen molar-refractivity contribution in [3.05, 3.63) is 71.0 Å². The third kappa shape index (κ3) is 5.55. The zero-order valence-corrected chi connectivity index (χ0v) is 16.4. The lowest BCUT2D eigenvalue weighted by Gasteiger charge is -2.32. The van der Waals surface area contributed by atoms with Crippen LogP contribution in [0.25, 0.3) is 0 Å². The quantitative estimate of drug-likeness (QED) is 0.553. The Labute approximate surface area is 167 Å². The second-order valence-corrected chi connectivity index (χ2v) is 8.72. The van der Waals surface area contributed by atoms with Crippen LogP contribution in [0.15, 0.2) is 48.5 Å². The zero-order valence-electron chi connectivity index (χ0n) is 15.6. The molecule has 0 aliphatic carbocycles. The third-order valence-electron chi connectivity index (χ3n) is 4.91. The van der Waals surface area contributed by atoms with Crippen LogP contribution < -0.4 is 5.32 Å². The molecule has 1 saturated heterocycles. The molecule has 3 rings (SSSR count). The average molecular weight is 431 g/mol. The summed E-state index contributed by atoms with van der Waals surface area (Å²) in [6, 6.07) is 9.58. The lowest BCUT2D eigenvalue weighted by molar-refractivity contribution is -0.137. The van der Waals surface area contributed by atoms with Gasteiger partial charge in [0.1, 0.15) is 11.9 Å². The summed E-state index contributed by atoms with van der Waals surface area (Å²) < 4.78 is 82.6. The maximum atomic E-state index is 13.5. The molecule has 0 saturated carbocycles. The molecule has 1 aliphatic rings. The highest BCUT2D eigenvalue weighted by Crippen LogP contribution is 2.37. The molecule has 1 heterocycles. The van der Waals surface area contributed by atoms with Gasteiger partial charge in [-0.2, -0.15) is 21.6 Å². The lowest BCUT2D eigenvalue weighted by atomic mass is 9.82. The second-order valence-electron chi connectivity index (χ2n) is 7.12. The predicted molar refractivity (Wildman–Crippen MR) is 100 cm³/mol. The molecule has 9 heteroatoms. The van der Waals surface area contributed by atoms with E-state index in [4.69, 9.17) is 4.18 Å². The van der Waals surface area contributed by atoms with Gasteiger partial charge in [0.2, 0.25) is 0 Å². The van der Waals surface area contributed by atoms with Gasteiger partial charge in [-0.05, 0) is 48.7 Å². The molecule has 0 aromatic heterocycles. The van der Waals surface area contributed by atoms with E-state index < -0.39 is 39.7 Å². The molecule has 2 unspecified atom stereocenters. The molecular weight excluding hydrogens is 410 g/mol. The van der Waals surface area contributed by atoms with Gasteiger partial charge >= 0.3 is 6.18 Å². The average Bonchev–Trinajstić information content (AvgIpc) is 3.16. The van der Waals surface area contributed by atoms with E-state index in [9.17, 15) is 26.0 Å². The summed E-state index contributed by atoms with van der Waals surface area (Å²) in [7, 11) is -3.90. The number of nitrogens with one attached hydrogen (secondary N) is 1. The van der Waals surface area contributed by atoms with E-state index in [1.165, 1.54) is 36.4 Å². The molecule has 0 bridgehead atoms. The molecule has 0 radical (unpaired) electrons. The number of halogens is 4. The summed E-state index contributed by atoms with van der Waals surface area (Å²) >= 11 is 0. The van der Waals surface area contributed by atoms with E-state index >= 15 is 0 Å². The standard InChI is InChI=1S/C20H21F4NO3S/c1-29(26,27)28-19(17-6-3-11-25-17)18(13-7-9-16(21)10-8-13)14-4-2-5-15(12-14)20(22,23)24/h2,4-5,7-10,12,17-19,25H,3,6,11H2,1H3/t17-,18?,19?/m1/s1. The van der Waals surface area contributed by atoms with Gasteiger partial charge in [0, 0.05) is 12.0 Å². The van der Waals surface area contributed by atoms with Crippen molar-refractivity contribution in [2.45, 2.75) is 37.1 Å². The molecule has 0 spiro atoms. The van der Waals surface area contributed by atoms with E-state index in [1.54, 1.807) is 0 Å². The molecule has 29 heavy (non-hydrogen) atoms. The van der Waals surface area contributed by atoms with Gasteiger partial charge in [-0.25, -0.2) is 4.39 Å². The molecular formula is C20H21F4NO3S. The van der Waals surface area contributed by atoms with E-state index in [2.05, 4.69) is 5.32 Å². The van der Waals surface area contributed by atoms with Crippen molar-refractivity contribution in [3.63, 3.8) is 0 Å². The van der Waals surface area contributed by atoms with Crippen LogP contribution in [-0.2, 0) is 20.5 Å². The van der Waals surface area contributed by atoms with E-state index in [-0.39, 0.29) is 11.6 Å². The van der Waals surface area contributed by atoms with Gasteiger partial charge in [-0.1, -0.05) is 30.3 Å². The molecule has 1 N–H and O–H groups in total. The minimum Gasteiger partial charge on any atom is -0.311 e. The van der Waals surface area contributed by atoms with Crippen molar-refractivity contribution in [3.8, 4) is 0 Å². The molecule has 158 valence electrons. The Balaban J connectivity index is 2.14. The fourth-order valence-corrected chi connectivity index (χ4v) is 4.35. The molecule has 3 atom stereocenters. The molecule has 4 nitrogen and oxygen atoms in total. The maximum absolute atomic E-state index is 13.5. The highest BCUT2D eigenvalue weighted by atomic mass is 32.2. The van der Waals surface area contributed by atoms with Crippen LogP contribution in [-0.4, -0.2) is 33.4 Å². The monoisotopic (exact) mass is 431 g/mol. The maximum Gasteiger partial charge on any atom is 0.416 e. The van der Waals surface area contributed by atoms with Crippen LogP contribution in [0, 0.1) is 5.82 Å².